The predicted molar refractivity (Wildman–Crippen MR) is 126 cm³/mol. The average molecular weight is 438 g/mol. The van der Waals surface area contributed by atoms with Crippen LogP contribution >= 0.6 is 0 Å². The Bertz CT molecular complexity index is 1390. The fourth-order valence-corrected chi connectivity index (χ4v) is 3.96. The minimum absolute atomic E-state index is 0.285. The van der Waals surface area contributed by atoms with E-state index in [1.165, 1.54) is 0 Å². The summed E-state index contributed by atoms with van der Waals surface area (Å²) >= 11 is 0. The molecule has 33 heavy (non-hydrogen) atoms. The summed E-state index contributed by atoms with van der Waals surface area (Å²) in [6.45, 7) is 0.134. The van der Waals surface area contributed by atoms with Crippen molar-refractivity contribution in [1.29, 1.82) is 0 Å². The molecule has 1 unspecified atom stereocenters. The third-order valence-electron chi connectivity index (χ3n) is 5.46. The first kappa shape index (κ1) is 20.7. The molecule has 0 aliphatic carbocycles. The number of hydrogen-bond donors (Lipinski definition) is 2. The van der Waals surface area contributed by atoms with Crippen LogP contribution in [0.5, 0.6) is 5.75 Å². The first-order valence-corrected chi connectivity index (χ1v) is 10.7. The van der Waals surface area contributed by atoms with Gasteiger partial charge in [0.05, 0.1) is 0 Å². The van der Waals surface area contributed by atoms with Gasteiger partial charge in [-0.25, -0.2) is 9.78 Å². The molecule has 0 amide bonds. The Morgan fingerprint density at radius 3 is 2.64 bits per heavy atom. The Hall–Kier alpha value is -4.16. The molecule has 5 aromatic rings. The normalized spacial score (nSPS) is 12.1. The quantitative estimate of drug-likeness (QED) is 0.341. The molecule has 0 radical (unpaired) electrons. The lowest BCUT2D eigenvalue weighted by molar-refractivity contribution is -0.139. The molecule has 0 spiro atoms. The van der Waals surface area contributed by atoms with Crippen LogP contribution in [-0.2, 0) is 11.3 Å². The van der Waals surface area contributed by atoms with E-state index in [0.29, 0.717) is 18.2 Å². The molecule has 4 aromatic carbocycles. The maximum absolute atomic E-state index is 10.8. The van der Waals surface area contributed by atoms with E-state index in [2.05, 4.69) is 29.6 Å². The van der Waals surface area contributed by atoms with Crippen molar-refractivity contribution >= 4 is 27.8 Å². The molecule has 0 bridgehead atoms. The van der Waals surface area contributed by atoms with Crippen LogP contribution in [0.25, 0.3) is 21.9 Å². The van der Waals surface area contributed by atoms with Gasteiger partial charge in [-0.15, -0.1) is 0 Å². The summed E-state index contributed by atoms with van der Waals surface area (Å²) in [5.41, 5.74) is 3.57. The van der Waals surface area contributed by atoms with E-state index in [1.807, 2.05) is 60.7 Å². The summed E-state index contributed by atoms with van der Waals surface area (Å²) in [5, 5.41) is 14.7. The Balaban J connectivity index is 1.49. The monoisotopic (exact) mass is 438 g/mol. The van der Waals surface area contributed by atoms with Gasteiger partial charge < -0.3 is 14.3 Å². The van der Waals surface area contributed by atoms with Crippen molar-refractivity contribution in [1.82, 2.24) is 10.3 Å². The Morgan fingerprint density at radius 1 is 0.970 bits per heavy atom. The molecule has 1 aromatic heterocycles. The first-order valence-electron chi connectivity index (χ1n) is 10.7. The molecule has 0 saturated heterocycles. The highest BCUT2D eigenvalue weighted by Gasteiger charge is 2.22. The highest BCUT2D eigenvalue weighted by molar-refractivity contribution is 5.86. The molecular weight excluding hydrogens is 416 g/mol. The summed E-state index contributed by atoms with van der Waals surface area (Å²) in [5.74, 6) is 0.0941. The van der Waals surface area contributed by atoms with Gasteiger partial charge in [-0.3, -0.25) is 5.32 Å². The summed E-state index contributed by atoms with van der Waals surface area (Å²) in [7, 11) is 0. The number of ether oxygens (including phenoxy) is 1. The Kier molecular flexibility index (Phi) is 5.74. The third-order valence-corrected chi connectivity index (χ3v) is 5.46. The number of carbonyl (C=O) groups is 1. The summed E-state index contributed by atoms with van der Waals surface area (Å²) in [4.78, 5) is 15.6. The minimum Gasteiger partial charge on any atom is -0.482 e. The number of carboxylic acids is 1. The molecule has 2 N–H and O–H groups in total. The van der Waals surface area contributed by atoms with E-state index in [1.54, 1.807) is 6.07 Å². The molecule has 0 saturated carbocycles. The molecule has 1 atom stereocenters. The second-order valence-electron chi connectivity index (χ2n) is 7.73. The molecule has 0 fully saturated rings. The Labute approximate surface area is 190 Å². The number of rotatable bonds is 8. The standard InChI is InChI=1S/C27H22N2O4/c30-25(31)17-32-20-10-5-7-18(15-20)16-28-26(27-29-23-13-3-4-14-24(23)33-27)22-12-6-9-19-8-1-2-11-21(19)22/h1-15,26,28H,16-17H2,(H,30,31). The lowest BCUT2D eigenvalue weighted by Gasteiger charge is -2.18. The third kappa shape index (κ3) is 4.56. The number of nitrogens with zero attached hydrogens (tertiary/aromatic N) is 1. The van der Waals surface area contributed by atoms with Crippen molar-refractivity contribution in [3.63, 3.8) is 0 Å². The molecule has 6 heteroatoms. The van der Waals surface area contributed by atoms with Gasteiger partial charge >= 0.3 is 5.97 Å². The number of para-hydroxylation sites is 2. The Morgan fingerprint density at radius 2 is 1.76 bits per heavy atom. The van der Waals surface area contributed by atoms with Crippen LogP contribution in [0.4, 0.5) is 0 Å². The van der Waals surface area contributed by atoms with E-state index in [-0.39, 0.29) is 12.6 Å². The fraction of sp³-hybridized carbons (Fsp3) is 0.111. The first-order chi connectivity index (χ1) is 16.2. The van der Waals surface area contributed by atoms with Crippen molar-refractivity contribution in [3.8, 4) is 5.75 Å². The van der Waals surface area contributed by atoms with Crippen molar-refractivity contribution < 1.29 is 19.1 Å². The van der Waals surface area contributed by atoms with Gasteiger partial charge in [0, 0.05) is 6.54 Å². The number of benzene rings is 4. The number of oxazole rings is 1. The van der Waals surface area contributed by atoms with Crippen molar-refractivity contribution in [3.05, 3.63) is 108 Å². The zero-order chi connectivity index (χ0) is 22.6. The van der Waals surface area contributed by atoms with E-state index in [0.717, 1.165) is 33.0 Å². The maximum atomic E-state index is 10.8. The number of fused-ring (bicyclic) bond motifs is 2. The number of nitrogens with one attached hydrogen (secondary N) is 1. The van der Waals surface area contributed by atoms with Crippen LogP contribution in [-0.4, -0.2) is 22.7 Å². The van der Waals surface area contributed by atoms with Crippen LogP contribution in [0.1, 0.15) is 23.1 Å². The van der Waals surface area contributed by atoms with Gasteiger partial charge in [-0.2, -0.15) is 0 Å². The molecule has 0 aliphatic rings. The van der Waals surface area contributed by atoms with Gasteiger partial charge in [0.2, 0.25) is 5.89 Å². The number of aliphatic carboxylic acids is 1. The highest BCUT2D eigenvalue weighted by Crippen LogP contribution is 2.31. The number of hydrogen-bond acceptors (Lipinski definition) is 5. The SMILES string of the molecule is O=C(O)COc1cccc(CNC(c2nc3ccccc3o2)c2cccc3ccccc23)c1. The predicted octanol–water partition coefficient (Wildman–Crippen LogP) is 5.32. The van der Waals surface area contributed by atoms with Crippen molar-refractivity contribution in [2.75, 3.05) is 6.61 Å². The summed E-state index contributed by atoms with van der Waals surface area (Å²) < 4.78 is 11.5. The van der Waals surface area contributed by atoms with Crippen LogP contribution in [0, 0.1) is 0 Å². The minimum atomic E-state index is -1.01. The van der Waals surface area contributed by atoms with E-state index in [4.69, 9.17) is 19.2 Å². The fourth-order valence-electron chi connectivity index (χ4n) is 3.96. The van der Waals surface area contributed by atoms with Crippen LogP contribution in [0.2, 0.25) is 0 Å². The lowest BCUT2D eigenvalue weighted by atomic mass is 9.98. The maximum Gasteiger partial charge on any atom is 0.341 e. The molecule has 6 nitrogen and oxygen atoms in total. The van der Waals surface area contributed by atoms with Gasteiger partial charge in [0.1, 0.15) is 17.3 Å². The average Bonchev–Trinajstić information content (AvgIpc) is 3.27. The van der Waals surface area contributed by atoms with E-state index < -0.39 is 5.97 Å². The second kappa shape index (κ2) is 9.14. The van der Waals surface area contributed by atoms with Crippen molar-refractivity contribution in [2.24, 2.45) is 0 Å². The van der Waals surface area contributed by atoms with Gasteiger partial charge in [0.25, 0.3) is 0 Å². The van der Waals surface area contributed by atoms with E-state index in [9.17, 15) is 4.79 Å². The zero-order valence-electron chi connectivity index (χ0n) is 17.8. The lowest BCUT2D eigenvalue weighted by Crippen LogP contribution is -2.22. The highest BCUT2D eigenvalue weighted by atomic mass is 16.5. The summed E-state index contributed by atoms with van der Waals surface area (Å²) in [6.07, 6.45) is 0. The number of carboxylic acid groups (broad SMARTS) is 1. The van der Waals surface area contributed by atoms with Crippen LogP contribution in [0.15, 0.2) is 95.4 Å². The molecule has 164 valence electrons. The molecule has 1 heterocycles. The number of aromatic nitrogens is 1. The van der Waals surface area contributed by atoms with Crippen LogP contribution in [0.3, 0.4) is 0 Å². The van der Waals surface area contributed by atoms with E-state index >= 15 is 0 Å². The van der Waals surface area contributed by atoms with Gasteiger partial charge in [0.15, 0.2) is 12.2 Å². The summed E-state index contributed by atoms with van der Waals surface area (Å²) in [6, 6.07) is 29.3. The smallest absolute Gasteiger partial charge is 0.341 e. The van der Waals surface area contributed by atoms with Gasteiger partial charge in [-0.1, -0.05) is 66.7 Å². The molecule has 0 aliphatic heterocycles. The molecule has 5 rings (SSSR count). The molecular formula is C27H22N2O4. The van der Waals surface area contributed by atoms with Crippen molar-refractivity contribution in [2.45, 2.75) is 12.6 Å². The topological polar surface area (TPSA) is 84.6 Å². The largest absolute Gasteiger partial charge is 0.482 e. The zero-order valence-corrected chi connectivity index (χ0v) is 17.8. The van der Waals surface area contributed by atoms with Gasteiger partial charge in [-0.05, 0) is 46.2 Å². The van der Waals surface area contributed by atoms with Crippen LogP contribution < -0.4 is 10.1 Å². The second-order valence-corrected chi connectivity index (χ2v) is 7.73.